The van der Waals surface area contributed by atoms with Gasteiger partial charge in [0.1, 0.15) is 8.64 Å². The van der Waals surface area contributed by atoms with Crippen LogP contribution in [0.1, 0.15) is 6.92 Å². The molecule has 0 bridgehead atoms. The summed E-state index contributed by atoms with van der Waals surface area (Å²) in [7, 11) is 0. The summed E-state index contributed by atoms with van der Waals surface area (Å²) in [5.74, 6) is -0.335. The van der Waals surface area contributed by atoms with Gasteiger partial charge in [-0.2, -0.15) is 0 Å². The number of thioether (sulfide) groups is 2. The summed E-state index contributed by atoms with van der Waals surface area (Å²) in [4.78, 5) is 23.2. The summed E-state index contributed by atoms with van der Waals surface area (Å²) in [5.41, 5.74) is 0. The third kappa shape index (κ3) is 2.24. The molecule has 0 saturated carbocycles. The molecule has 2 aliphatic rings. The highest BCUT2D eigenvalue weighted by atomic mass is 32.2. The molecule has 4 nitrogen and oxygen atoms in total. The topological polar surface area (TPSA) is 58.2 Å². The summed E-state index contributed by atoms with van der Waals surface area (Å²) in [6, 6.07) is 0. The number of hydrogen-bond acceptors (Lipinski definition) is 6. The van der Waals surface area contributed by atoms with Crippen LogP contribution in [-0.4, -0.2) is 31.0 Å². The SMILES string of the molecule is CC([C@@H]1SC(=S)NC1=O)[C@H]1SC(=S)NC1=O. The van der Waals surface area contributed by atoms with Crippen molar-refractivity contribution in [2.45, 2.75) is 17.4 Å². The molecule has 2 amide bonds. The van der Waals surface area contributed by atoms with Gasteiger partial charge >= 0.3 is 0 Å². The van der Waals surface area contributed by atoms with Crippen molar-refractivity contribution < 1.29 is 9.59 Å². The van der Waals surface area contributed by atoms with Crippen molar-refractivity contribution in [3.05, 3.63) is 0 Å². The lowest BCUT2D eigenvalue weighted by atomic mass is 10.0. The largest absolute Gasteiger partial charge is 0.311 e. The van der Waals surface area contributed by atoms with E-state index in [9.17, 15) is 9.59 Å². The first-order chi connectivity index (χ1) is 7.49. The van der Waals surface area contributed by atoms with Crippen LogP contribution >= 0.6 is 48.0 Å². The fourth-order valence-corrected chi connectivity index (χ4v) is 4.37. The van der Waals surface area contributed by atoms with Crippen LogP contribution in [0.25, 0.3) is 0 Å². The second-order valence-corrected chi connectivity index (χ2v) is 7.13. The molecule has 2 fully saturated rings. The van der Waals surface area contributed by atoms with E-state index in [0.717, 1.165) is 0 Å². The van der Waals surface area contributed by atoms with Gasteiger partial charge < -0.3 is 10.6 Å². The van der Waals surface area contributed by atoms with Crippen LogP contribution in [0.3, 0.4) is 0 Å². The predicted octanol–water partition coefficient (Wildman–Crippen LogP) is 0.655. The van der Waals surface area contributed by atoms with Crippen molar-refractivity contribution in [2.75, 3.05) is 0 Å². The molecule has 2 saturated heterocycles. The molecule has 2 N–H and O–H groups in total. The Labute approximate surface area is 112 Å². The first-order valence-electron chi connectivity index (χ1n) is 4.52. The monoisotopic (exact) mass is 292 g/mol. The first kappa shape index (κ1) is 12.3. The summed E-state index contributed by atoms with van der Waals surface area (Å²) in [6.45, 7) is 1.87. The van der Waals surface area contributed by atoms with Crippen LogP contribution in [0.2, 0.25) is 0 Å². The molecule has 0 spiro atoms. The van der Waals surface area contributed by atoms with Gasteiger partial charge in [-0.05, 0) is 5.92 Å². The maximum Gasteiger partial charge on any atom is 0.239 e. The number of nitrogens with one attached hydrogen (secondary N) is 2. The van der Waals surface area contributed by atoms with Crippen LogP contribution in [0, 0.1) is 5.92 Å². The van der Waals surface area contributed by atoms with Crippen molar-refractivity contribution in [2.24, 2.45) is 5.92 Å². The van der Waals surface area contributed by atoms with Crippen molar-refractivity contribution in [1.29, 1.82) is 0 Å². The maximum atomic E-state index is 11.6. The van der Waals surface area contributed by atoms with Crippen molar-refractivity contribution in [3.63, 3.8) is 0 Å². The van der Waals surface area contributed by atoms with E-state index >= 15 is 0 Å². The molecular formula is C8H8N2O2S4. The Hall–Kier alpha value is -0.180. The normalized spacial score (nSPS) is 31.6. The zero-order valence-corrected chi connectivity index (χ0v) is 11.4. The van der Waals surface area contributed by atoms with Gasteiger partial charge in [-0.25, -0.2) is 0 Å². The molecule has 2 rings (SSSR count). The van der Waals surface area contributed by atoms with E-state index in [1.54, 1.807) is 0 Å². The average molecular weight is 292 g/mol. The molecule has 0 aromatic rings. The van der Waals surface area contributed by atoms with Crippen LogP contribution in [-0.2, 0) is 9.59 Å². The van der Waals surface area contributed by atoms with E-state index in [2.05, 4.69) is 10.6 Å². The van der Waals surface area contributed by atoms with Gasteiger partial charge in [0.15, 0.2) is 0 Å². The highest BCUT2D eigenvalue weighted by Crippen LogP contribution is 2.35. The van der Waals surface area contributed by atoms with E-state index in [1.165, 1.54) is 23.5 Å². The minimum absolute atomic E-state index is 0.101. The zero-order chi connectivity index (χ0) is 11.9. The van der Waals surface area contributed by atoms with Gasteiger partial charge in [-0.1, -0.05) is 54.9 Å². The van der Waals surface area contributed by atoms with Gasteiger partial charge in [0.05, 0.1) is 10.5 Å². The third-order valence-electron chi connectivity index (χ3n) is 2.39. The predicted molar refractivity (Wildman–Crippen MR) is 73.4 cm³/mol. The van der Waals surface area contributed by atoms with Crippen LogP contribution in [0.4, 0.5) is 0 Å². The van der Waals surface area contributed by atoms with Crippen molar-refractivity contribution in [3.8, 4) is 0 Å². The summed E-state index contributed by atoms with van der Waals surface area (Å²) in [5, 5.41) is 4.57. The first-order valence-corrected chi connectivity index (χ1v) is 7.09. The summed E-state index contributed by atoms with van der Waals surface area (Å²) < 4.78 is 0.959. The number of thiocarbonyl (C=S) groups is 2. The van der Waals surface area contributed by atoms with Gasteiger partial charge in [0.2, 0.25) is 11.8 Å². The summed E-state index contributed by atoms with van der Waals surface area (Å²) in [6.07, 6.45) is 0. The molecule has 8 heteroatoms. The molecule has 16 heavy (non-hydrogen) atoms. The number of hydrogen-bond donors (Lipinski definition) is 2. The lowest BCUT2D eigenvalue weighted by molar-refractivity contribution is -0.121. The smallest absolute Gasteiger partial charge is 0.239 e. The number of rotatable bonds is 2. The number of carbonyl (C=O) groups is 2. The number of carbonyl (C=O) groups excluding carboxylic acids is 2. The van der Waals surface area contributed by atoms with Crippen LogP contribution in [0.15, 0.2) is 0 Å². The maximum absolute atomic E-state index is 11.6. The Kier molecular flexibility index (Phi) is 3.53. The fourth-order valence-electron chi connectivity index (χ4n) is 1.59. The van der Waals surface area contributed by atoms with Crippen LogP contribution < -0.4 is 10.6 Å². The molecule has 0 radical (unpaired) electrons. The molecule has 86 valence electrons. The Bertz CT molecular complexity index is 361. The Morgan fingerprint density at radius 1 is 1.06 bits per heavy atom. The van der Waals surface area contributed by atoms with Crippen molar-refractivity contribution >= 4 is 68.4 Å². The van der Waals surface area contributed by atoms with Gasteiger partial charge in [-0.3, -0.25) is 9.59 Å². The molecule has 2 heterocycles. The van der Waals surface area contributed by atoms with Crippen molar-refractivity contribution in [1.82, 2.24) is 10.6 Å². The molecule has 0 aliphatic carbocycles. The molecule has 0 aromatic heterocycles. The Morgan fingerprint density at radius 3 is 1.69 bits per heavy atom. The van der Waals surface area contributed by atoms with Crippen LogP contribution in [0.5, 0.6) is 0 Å². The van der Waals surface area contributed by atoms with E-state index < -0.39 is 0 Å². The Morgan fingerprint density at radius 2 is 1.44 bits per heavy atom. The minimum atomic E-state index is -0.295. The molecule has 3 atom stereocenters. The second kappa shape index (κ2) is 4.59. The Balaban J connectivity index is 2.10. The quantitative estimate of drug-likeness (QED) is 0.729. The second-order valence-electron chi connectivity index (χ2n) is 3.49. The highest BCUT2D eigenvalue weighted by Gasteiger charge is 2.43. The minimum Gasteiger partial charge on any atom is -0.311 e. The van der Waals surface area contributed by atoms with E-state index in [4.69, 9.17) is 24.4 Å². The molecule has 1 unspecified atom stereocenters. The fraction of sp³-hybridized carbons (Fsp3) is 0.500. The molecule has 0 aromatic carbocycles. The average Bonchev–Trinajstić information content (AvgIpc) is 2.68. The zero-order valence-electron chi connectivity index (χ0n) is 8.18. The number of amides is 2. The lowest BCUT2D eigenvalue weighted by Gasteiger charge is -2.18. The van der Waals surface area contributed by atoms with E-state index in [-0.39, 0.29) is 28.2 Å². The van der Waals surface area contributed by atoms with Gasteiger partial charge in [0, 0.05) is 0 Å². The highest BCUT2D eigenvalue weighted by molar-refractivity contribution is 8.25. The van der Waals surface area contributed by atoms with E-state index in [0.29, 0.717) is 8.64 Å². The standard InChI is InChI=1S/C8H8N2O2S4/c1-2(3-5(11)9-7(13)15-3)4-6(12)10-8(14)16-4/h2-4H,1H3,(H,9,11,13)(H,10,12,14)/t2?,3-,4+. The van der Waals surface area contributed by atoms with Gasteiger partial charge in [-0.15, -0.1) is 0 Å². The van der Waals surface area contributed by atoms with Gasteiger partial charge in [0.25, 0.3) is 0 Å². The third-order valence-corrected chi connectivity index (χ3v) is 5.60. The summed E-state index contributed by atoms with van der Waals surface area (Å²) >= 11 is 12.4. The molecular weight excluding hydrogens is 284 g/mol. The van der Waals surface area contributed by atoms with E-state index in [1.807, 2.05) is 6.92 Å². The lowest BCUT2D eigenvalue weighted by Crippen LogP contribution is -2.37. The molecule has 2 aliphatic heterocycles.